The molecule has 0 bridgehead atoms. The van der Waals surface area contributed by atoms with Gasteiger partial charge in [0.25, 0.3) is 0 Å². The van der Waals surface area contributed by atoms with Gasteiger partial charge in [0, 0.05) is 11.6 Å². The van der Waals surface area contributed by atoms with Crippen LogP contribution in [0.25, 0.3) is 0 Å². The molecule has 0 spiro atoms. The van der Waals surface area contributed by atoms with Crippen LogP contribution in [0.1, 0.15) is 43.0 Å². The van der Waals surface area contributed by atoms with Crippen LogP contribution in [0.4, 0.5) is 0 Å². The normalized spacial score (nSPS) is 14.0. The van der Waals surface area contributed by atoms with Crippen molar-refractivity contribution < 1.29 is 0 Å². The maximum absolute atomic E-state index is 6.12. The molecule has 2 nitrogen and oxygen atoms in total. The Morgan fingerprint density at radius 3 is 2.27 bits per heavy atom. The lowest BCUT2D eigenvalue weighted by Gasteiger charge is -2.23. The largest absolute Gasteiger partial charge is 0.325 e. The van der Waals surface area contributed by atoms with Crippen LogP contribution in [0.2, 0.25) is 0 Å². The van der Waals surface area contributed by atoms with Crippen molar-refractivity contribution in [2.45, 2.75) is 45.7 Å². The second kappa shape index (κ2) is 4.33. The van der Waals surface area contributed by atoms with Crippen LogP contribution in [0.3, 0.4) is 0 Å². The highest BCUT2D eigenvalue weighted by Crippen LogP contribution is 2.21. The minimum Gasteiger partial charge on any atom is -0.325 e. The summed E-state index contributed by atoms with van der Waals surface area (Å²) < 4.78 is 0. The molecule has 0 aliphatic heterocycles. The van der Waals surface area contributed by atoms with E-state index in [9.17, 15) is 0 Å². The first-order valence-electron chi connectivity index (χ1n) is 5.41. The highest BCUT2D eigenvalue weighted by Gasteiger charge is 2.17. The van der Waals surface area contributed by atoms with Gasteiger partial charge in [-0.05, 0) is 50.8 Å². The van der Waals surface area contributed by atoms with E-state index in [0.717, 1.165) is 6.42 Å². The molecule has 0 radical (unpaired) electrons. The van der Waals surface area contributed by atoms with E-state index in [1.54, 1.807) is 0 Å². The van der Waals surface area contributed by atoms with Gasteiger partial charge in [0.15, 0.2) is 0 Å². The van der Waals surface area contributed by atoms with Crippen molar-refractivity contribution in [2.75, 3.05) is 0 Å². The Hall–Kier alpha value is -0.860. The molecule has 84 valence electrons. The lowest BCUT2D eigenvalue weighted by Crippen LogP contribution is -2.35. The van der Waals surface area contributed by atoms with Crippen molar-refractivity contribution in [2.24, 2.45) is 11.5 Å². The van der Waals surface area contributed by atoms with Gasteiger partial charge in [-0.25, -0.2) is 0 Å². The summed E-state index contributed by atoms with van der Waals surface area (Å²) in [5.74, 6) is 0. The summed E-state index contributed by atoms with van der Waals surface area (Å²) in [5.41, 5.74) is 15.6. The van der Waals surface area contributed by atoms with E-state index in [4.69, 9.17) is 11.5 Å². The van der Waals surface area contributed by atoms with Crippen LogP contribution < -0.4 is 11.5 Å². The van der Waals surface area contributed by atoms with Gasteiger partial charge < -0.3 is 11.5 Å². The zero-order valence-corrected chi connectivity index (χ0v) is 10.2. The third kappa shape index (κ3) is 3.65. The third-order valence-electron chi connectivity index (χ3n) is 2.71. The van der Waals surface area contributed by atoms with Crippen LogP contribution in [-0.2, 0) is 0 Å². The van der Waals surface area contributed by atoms with Gasteiger partial charge in [-0.1, -0.05) is 18.2 Å². The molecular formula is C13H22N2. The zero-order chi connectivity index (χ0) is 11.6. The maximum atomic E-state index is 6.12. The topological polar surface area (TPSA) is 52.0 Å². The van der Waals surface area contributed by atoms with Crippen molar-refractivity contribution >= 4 is 0 Å². The molecule has 4 N–H and O–H groups in total. The number of hydrogen-bond donors (Lipinski definition) is 2. The Morgan fingerprint density at radius 1 is 1.20 bits per heavy atom. The van der Waals surface area contributed by atoms with Crippen molar-refractivity contribution in [3.8, 4) is 0 Å². The van der Waals surface area contributed by atoms with Gasteiger partial charge in [-0.15, -0.1) is 0 Å². The van der Waals surface area contributed by atoms with Crippen LogP contribution in [0.15, 0.2) is 18.2 Å². The molecule has 0 heterocycles. The fourth-order valence-corrected chi connectivity index (χ4v) is 1.68. The average Bonchev–Trinajstić information content (AvgIpc) is 2.06. The van der Waals surface area contributed by atoms with E-state index in [2.05, 4.69) is 32.0 Å². The number of aryl methyl sites for hydroxylation is 2. The van der Waals surface area contributed by atoms with Gasteiger partial charge in [0.2, 0.25) is 0 Å². The molecule has 1 atom stereocenters. The Bertz CT molecular complexity index is 337. The molecule has 0 aromatic heterocycles. The van der Waals surface area contributed by atoms with E-state index in [1.165, 1.54) is 16.7 Å². The second-order valence-corrected chi connectivity index (χ2v) is 5.14. The number of rotatable bonds is 3. The first kappa shape index (κ1) is 12.2. The average molecular weight is 206 g/mol. The summed E-state index contributed by atoms with van der Waals surface area (Å²) >= 11 is 0. The minimum atomic E-state index is -0.210. The number of nitrogens with two attached hydrogens (primary N) is 2. The van der Waals surface area contributed by atoms with Gasteiger partial charge in [0.05, 0.1) is 0 Å². The highest BCUT2D eigenvalue weighted by atomic mass is 14.7. The summed E-state index contributed by atoms with van der Waals surface area (Å²) in [6, 6.07) is 6.41. The van der Waals surface area contributed by atoms with E-state index < -0.39 is 0 Å². The van der Waals surface area contributed by atoms with Gasteiger partial charge in [0.1, 0.15) is 0 Å². The monoisotopic (exact) mass is 206 g/mol. The standard InChI is InChI=1S/C13H22N2/c1-9-5-6-11(7-10(9)2)12(14)8-13(3,4)15/h5-7,12H,8,14-15H2,1-4H3. The quantitative estimate of drug-likeness (QED) is 0.798. The zero-order valence-electron chi connectivity index (χ0n) is 10.2. The molecule has 1 unspecified atom stereocenters. The van der Waals surface area contributed by atoms with E-state index in [1.807, 2.05) is 13.8 Å². The number of benzene rings is 1. The molecule has 0 aliphatic rings. The maximum Gasteiger partial charge on any atom is 0.0312 e. The highest BCUT2D eigenvalue weighted by molar-refractivity contribution is 5.31. The Balaban J connectivity index is 2.83. The summed E-state index contributed by atoms with van der Waals surface area (Å²) in [6.45, 7) is 8.23. The molecule has 0 saturated carbocycles. The van der Waals surface area contributed by atoms with E-state index in [-0.39, 0.29) is 11.6 Å². The van der Waals surface area contributed by atoms with Crippen LogP contribution in [0, 0.1) is 13.8 Å². The minimum absolute atomic E-state index is 0.0318. The third-order valence-corrected chi connectivity index (χ3v) is 2.71. The van der Waals surface area contributed by atoms with Crippen molar-refractivity contribution in [3.05, 3.63) is 34.9 Å². The van der Waals surface area contributed by atoms with Crippen molar-refractivity contribution in [1.82, 2.24) is 0 Å². The fraction of sp³-hybridized carbons (Fsp3) is 0.538. The molecule has 0 fully saturated rings. The lowest BCUT2D eigenvalue weighted by atomic mass is 9.91. The summed E-state index contributed by atoms with van der Waals surface area (Å²) in [6.07, 6.45) is 0.801. The molecule has 0 saturated heterocycles. The molecule has 1 aromatic carbocycles. The molecule has 15 heavy (non-hydrogen) atoms. The smallest absolute Gasteiger partial charge is 0.0312 e. The van der Waals surface area contributed by atoms with Crippen molar-refractivity contribution in [3.63, 3.8) is 0 Å². The summed E-state index contributed by atoms with van der Waals surface area (Å²) in [4.78, 5) is 0. The van der Waals surface area contributed by atoms with E-state index in [0.29, 0.717) is 0 Å². The van der Waals surface area contributed by atoms with Gasteiger partial charge >= 0.3 is 0 Å². The molecular weight excluding hydrogens is 184 g/mol. The SMILES string of the molecule is Cc1ccc(C(N)CC(C)(C)N)cc1C. The lowest BCUT2D eigenvalue weighted by molar-refractivity contribution is 0.429. The van der Waals surface area contributed by atoms with E-state index >= 15 is 0 Å². The molecule has 1 aromatic rings. The molecule has 0 aliphatic carbocycles. The molecule has 2 heteroatoms. The Labute approximate surface area is 92.7 Å². The van der Waals surface area contributed by atoms with Crippen molar-refractivity contribution in [1.29, 1.82) is 0 Å². The predicted octanol–water partition coefficient (Wildman–Crippen LogP) is 2.43. The molecule has 1 rings (SSSR count). The number of hydrogen-bond acceptors (Lipinski definition) is 2. The predicted molar refractivity (Wildman–Crippen MR) is 65.7 cm³/mol. The summed E-state index contributed by atoms with van der Waals surface area (Å²) in [5, 5.41) is 0. The van der Waals surface area contributed by atoms with Crippen LogP contribution >= 0.6 is 0 Å². The Morgan fingerprint density at radius 2 is 1.80 bits per heavy atom. The first-order valence-corrected chi connectivity index (χ1v) is 5.41. The second-order valence-electron chi connectivity index (χ2n) is 5.14. The molecule has 0 amide bonds. The fourth-order valence-electron chi connectivity index (χ4n) is 1.68. The van der Waals surface area contributed by atoms with Crippen LogP contribution in [-0.4, -0.2) is 5.54 Å². The van der Waals surface area contributed by atoms with Gasteiger partial charge in [-0.2, -0.15) is 0 Å². The van der Waals surface area contributed by atoms with Gasteiger partial charge in [-0.3, -0.25) is 0 Å². The summed E-state index contributed by atoms with van der Waals surface area (Å²) in [7, 11) is 0. The Kier molecular flexibility index (Phi) is 3.53. The first-order chi connectivity index (χ1) is 6.79. The van der Waals surface area contributed by atoms with Crippen LogP contribution in [0.5, 0.6) is 0 Å².